The number of rotatable bonds is 8. The van der Waals surface area contributed by atoms with Gasteiger partial charge in [0, 0.05) is 18.1 Å². The highest BCUT2D eigenvalue weighted by Crippen LogP contribution is 2.31. The number of esters is 1. The van der Waals surface area contributed by atoms with Gasteiger partial charge in [-0.25, -0.2) is 4.79 Å². The van der Waals surface area contributed by atoms with E-state index in [1.165, 1.54) is 6.08 Å². The molecule has 0 bridgehead atoms. The van der Waals surface area contributed by atoms with Crippen LogP contribution in [0.1, 0.15) is 29.2 Å². The molecule has 6 heteroatoms. The molecule has 1 aliphatic heterocycles. The van der Waals surface area contributed by atoms with Crippen molar-refractivity contribution in [1.29, 1.82) is 0 Å². The molecule has 1 aliphatic rings. The number of fused-ring (bicyclic) bond motifs is 1. The van der Waals surface area contributed by atoms with Gasteiger partial charge >= 0.3 is 5.97 Å². The maximum atomic E-state index is 12.2. The van der Waals surface area contributed by atoms with Gasteiger partial charge in [-0.3, -0.25) is 4.79 Å². The quantitative estimate of drug-likeness (QED) is 0.411. The molecule has 6 nitrogen and oxygen atoms in total. The molecule has 0 fully saturated rings. The third-order valence-electron chi connectivity index (χ3n) is 5.18. The van der Waals surface area contributed by atoms with Crippen molar-refractivity contribution in [2.24, 2.45) is 0 Å². The van der Waals surface area contributed by atoms with Crippen molar-refractivity contribution in [1.82, 2.24) is 5.32 Å². The Bertz CT molecular complexity index is 1110. The maximum Gasteiger partial charge on any atom is 0.331 e. The van der Waals surface area contributed by atoms with Crippen LogP contribution in [-0.4, -0.2) is 25.1 Å². The molecule has 1 atom stereocenters. The summed E-state index contributed by atoms with van der Waals surface area (Å²) in [5, 5.41) is 2.90. The van der Waals surface area contributed by atoms with Gasteiger partial charge < -0.3 is 19.5 Å². The van der Waals surface area contributed by atoms with Crippen molar-refractivity contribution in [2.45, 2.75) is 19.1 Å². The highest BCUT2D eigenvalue weighted by atomic mass is 16.5. The molecule has 1 heterocycles. The van der Waals surface area contributed by atoms with E-state index in [1.807, 2.05) is 78.9 Å². The van der Waals surface area contributed by atoms with Gasteiger partial charge in [0.1, 0.15) is 18.1 Å². The number of hydrogen-bond acceptors (Lipinski definition) is 5. The van der Waals surface area contributed by atoms with Gasteiger partial charge in [0.2, 0.25) is 0 Å². The number of benzene rings is 3. The zero-order valence-corrected chi connectivity index (χ0v) is 18.1. The van der Waals surface area contributed by atoms with Crippen molar-refractivity contribution in [3.8, 4) is 11.5 Å². The van der Waals surface area contributed by atoms with E-state index < -0.39 is 5.97 Å². The van der Waals surface area contributed by atoms with Gasteiger partial charge in [0.25, 0.3) is 5.91 Å². The van der Waals surface area contributed by atoms with Crippen LogP contribution in [0.15, 0.2) is 84.9 Å². The Balaban J connectivity index is 1.21. The minimum Gasteiger partial charge on any atom is -0.493 e. The smallest absolute Gasteiger partial charge is 0.331 e. The average molecular weight is 443 g/mol. The SMILES string of the molecule is O=C(COC(=O)/C=C/c1ccc(OCc2ccccc2)cc1)NC1CCOc2ccccc21. The first-order valence-corrected chi connectivity index (χ1v) is 10.8. The second kappa shape index (κ2) is 11.0. The van der Waals surface area contributed by atoms with Gasteiger partial charge in [-0.1, -0.05) is 60.7 Å². The average Bonchev–Trinajstić information content (AvgIpc) is 2.86. The van der Waals surface area contributed by atoms with E-state index in [4.69, 9.17) is 14.2 Å². The molecule has 0 saturated heterocycles. The lowest BCUT2D eigenvalue weighted by Crippen LogP contribution is -2.34. The molecule has 0 aromatic heterocycles. The fourth-order valence-corrected chi connectivity index (χ4v) is 3.49. The van der Waals surface area contributed by atoms with Gasteiger partial charge in [-0.05, 0) is 35.4 Å². The molecule has 168 valence electrons. The number of carbonyl (C=O) groups is 2. The fourth-order valence-electron chi connectivity index (χ4n) is 3.49. The Kier molecular flexibility index (Phi) is 7.38. The Morgan fingerprint density at radius 1 is 0.970 bits per heavy atom. The minimum atomic E-state index is -0.582. The largest absolute Gasteiger partial charge is 0.493 e. The highest BCUT2D eigenvalue weighted by molar-refractivity contribution is 5.89. The Labute approximate surface area is 192 Å². The standard InChI is InChI=1S/C27H25NO5/c29-26(28-24-16-17-31-25-9-5-4-8-23(24)25)19-33-27(30)15-12-20-10-13-22(14-11-20)32-18-21-6-2-1-3-7-21/h1-15,24H,16-19H2,(H,28,29)/b15-12+. The number of carbonyl (C=O) groups excluding carboxylic acids is 2. The van der Waals surface area contributed by atoms with E-state index in [2.05, 4.69) is 5.32 Å². The predicted molar refractivity (Wildman–Crippen MR) is 125 cm³/mol. The van der Waals surface area contributed by atoms with Crippen LogP contribution in [0.4, 0.5) is 0 Å². The minimum absolute atomic E-state index is 0.153. The summed E-state index contributed by atoms with van der Waals surface area (Å²) in [6.07, 6.45) is 3.61. The van der Waals surface area contributed by atoms with E-state index in [1.54, 1.807) is 6.08 Å². The van der Waals surface area contributed by atoms with E-state index in [0.29, 0.717) is 19.6 Å². The van der Waals surface area contributed by atoms with Crippen LogP contribution >= 0.6 is 0 Å². The summed E-state index contributed by atoms with van der Waals surface area (Å²) < 4.78 is 16.4. The number of ether oxygens (including phenoxy) is 3. The monoisotopic (exact) mass is 443 g/mol. The number of nitrogens with one attached hydrogen (secondary N) is 1. The lowest BCUT2D eigenvalue weighted by Gasteiger charge is -2.26. The highest BCUT2D eigenvalue weighted by Gasteiger charge is 2.22. The van der Waals surface area contributed by atoms with Gasteiger partial charge in [-0.2, -0.15) is 0 Å². The summed E-state index contributed by atoms with van der Waals surface area (Å²) in [4.78, 5) is 24.2. The normalized spacial score (nSPS) is 14.7. The first kappa shape index (κ1) is 22.1. The first-order chi connectivity index (χ1) is 16.2. The summed E-state index contributed by atoms with van der Waals surface area (Å²) in [7, 11) is 0. The second-order valence-electron chi connectivity index (χ2n) is 7.58. The second-order valence-corrected chi connectivity index (χ2v) is 7.58. The molecule has 33 heavy (non-hydrogen) atoms. The van der Waals surface area contributed by atoms with E-state index in [0.717, 1.165) is 28.2 Å². The van der Waals surface area contributed by atoms with E-state index in [9.17, 15) is 9.59 Å². The summed E-state index contributed by atoms with van der Waals surface area (Å²) in [5.41, 5.74) is 2.84. The van der Waals surface area contributed by atoms with Crippen LogP contribution in [-0.2, 0) is 20.9 Å². The third-order valence-corrected chi connectivity index (χ3v) is 5.18. The molecule has 1 unspecified atom stereocenters. The first-order valence-electron chi connectivity index (χ1n) is 10.8. The number of hydrogen-bond donors (Lipinski definition) is 1. The van der Waals surface area contributed by atoms with Crippen LogP contribution in [0.3, 0.4) is 0 Å². The molecule has 3 aromatic rings. The van der Waals surface area contributed by atoms with Crippen molar-refractivity contribution < 1.29 is 23.8 Å². The van der Waals surface area contributed by atoms with Crippen LogP contribution in [0.25, 0.3) is 6.08 Å². The Morgan fingerprint density at radius 2 is 1.73 bits per heavy atom. The Morgan fingerprint density at radius 3 is 2.55 bits per heavy atom. The van der Waals surface area contributed by atoms with Crippen LogP contribution in [0.5, 0.6) is 11.5 Å². The molecular formula is C27H25NO5. The van der Waals surface area contributed by atoms with Crippen LogP contribution in [0, 0.1) is 0 Å². The summed E-state index contributed by atoms with van der Waals surface area (Å²) in [5.74, 6) is 0.579. The molecule has 3 aromatic carbocycles. The zero-order valence-electron chi connectivity index (χ0n) is 18.1. The number of para-hydroxylation sites is 1. The van der Waals surface area contributed by atoms with Crippen molar-refractivity contribution >= 4 is 18.0 Å². The van der Waals surface area contributed by atoms with Crippen LogP contribution in [0.2, 0.25) is 0 Å². The lowest BCUT2D eigenvalue weighted by atomic mass is 10.0. The van der Waals surface area contributed by atoms with Gasteiger partial charge in [0.05, 0.1) is 12.6 Å². The van der Waals surface area contributed by atoms with Gasteiger partial charge in [-0.15, -0.1) is 0 Å². The number of amides is 1. The molecular weight excluding hydrogens is 418 g/mol. The zero-order chi connectivity index (χ0) is 22.9. The lowest BCUT2D eigenvalue weighted by molar-refractivity contribution is -0.144. The summed E-state index contributed by atoms with van der Waals surface area (Å²) in [6, 6.07) is 24.7. The molecule has 0 saturated carbocycles. The predicted octanol–water partition coefficient (Wildman–Crippen LogP) is 4.46. The summed E-state index contributed by atoms with van der Waals surface area (Å²) >= 11 is 0. The summed E-state index contributed by atoms with van der Waals surface area (Å²) in [6.45, 7) is 0.680. The van der Waals surface area contributed by atoms with Crippen molar-refractivity contribution in [3.63, 3.8) is 0 Å². The van der Waals surface area contributed by atoms with E-state index in [-0.39, 0.29) is 18.6 Å². The molecule has 1 N–H and O–H groups in total. The topological polar surface area (TPSA) is 73.9 Å². The van der Waals surface area contributed by atoms with E-state index >= 15 is 0 Å². The van der Waals surface area contributed by atoms with Crippen molar-refractivity contribution in [2.75, 3.05) is 13.2 Å². The molecule has 0 spiro atoms. The fraction of sp³-hybridized carbons (Fsp3) is 0.185. The molecule has 0 radical (unpaired) electrons. The van der Waals surface area contributed by atoms with Crippen molar-refractivity contribution in [3.05, 3.63) is 102 Å². The van der Waals surface area contributed by atoms with Crippen LogP contribution < -0.4 is 14.8 Å². The molecule has 4 rings (SSSR count). The van der Waals surface area contributed by atoms with Gasteiger partial charge in [0.15, 0.2) is 6.61 Å². The maximum absolute atomic E-state index is 12.2. The Hall–Kier alpha value is -4.06. The third kappa shape index (κ3) is 6.46. The molecule has 0 aliphatic carbocycles. The molecule has 1 amide bonds.